The zero-order valence-electron chi connectivity index (χ0n) is 12.0. The minimum atomic E-state index is 0.151. The van der Waals surface area contributed by atoms with Crippen LogP contribution in [-0.2, 0) is 11.2 Å². The molecule has 1 aromatic rings. The van der Waals surface area contributed by atoms with Crippen molar-refractivity contribution in [1.82, 2.24) is 4.98 Å². The lowest BCUT2D eigenvalue weighted by Crippen LogP contribution is -2.31. The van der Waals surface area contributed by atoms with E-state index in [-0.39, 0.29) is 11.5 Å². The zero-order valence-corrected chi connectivity index (χ0v) is 12.8. The van der Waals surface area contributed by atoms with Crippen LogP contribution in [0, 0.1) is 5.41 Å². The lowest BCUT2D eigenvalue weighted by molar-refractivity contribution is 0.193. The van der Waals surface area contributed by atoms with Gasteiger partial charge in [-0.1, -0.05) is 25.2 Å². The Morgan fingerprint density at radius 1 is 1.47 bits per heavy atom. The Bertz CT molecular complexity index is 465. The highest BCUT2D eigenvalue weighted by Crippen LogP contribution is 2.43. The second kappa shape index (κ2) is 4.72. The molecule has 0 spiro atoms. The van der Waals surface area contributed by atoms with Crippen molar-refractivity contribution in [3.05, 3.63) is 10.6 Å². The molecule has 1 aliphatic carbocycles. The molecule has 4 nitrogen and oxygen atoms in total. The number of anilines is 1. The van der Waals surface area contributed by atoms with Gasteiger partial charge in [-0.15, -0.1) is 0 Å². The monoisotopic (exact) mass is 281 g/mol. The maximum absolute atomic E-state index is 6.32. The molecule has 0 amide bonds. The molecule has 1 aliphatic heterocycles. The fourth-order valence-electron chi connectivity index (χ4n) is 3.12. The van der Waals surface area contributed by atoms with Gasteiger partial charge in [-0.2, -0.15) is 0 Å². The Morgan fingerprint density at radius 3 is 2.95 bits per heavy atom. The van der Waals surface area contributed by atoms with Crippen LogP contribution in [0.4, 0.5) is 5.13 Å². The van der Waals surface area contributed by atoms with Crippen molar-refractivity contribution in [3.63, 3.8) is 0 Å². The Hall–Kier alpha value is -0.650. The van der Waals surface area contributed by atoms with E-state index in [9.17, 15) is 0 Å². The van der Waals surface area contributed by atoms with Crippen molar-refractivity contribution >= 4 is 16.5 Å². The predicted molar refractivity (Wildman–Crippen MR) is 78.8 cm³/mol. The molecule has 2 heterocycles. The van der Waals surface area contributed by atoms with Crippen LogP contribution in [-0.4, -0.2) is 31.3 Å². The van der Waals surface area contributed by atoms with E-state index in [4.69, 9.17) is 15.5 Å². The summed E-state index contributed by atoms with van der Waals surface area (Å²) in [5.74, 6) is 0. The third-order valence-corrected chi connectivity index (χ3v) is 5.55. The third-order valence-electron chi connectivity index (χ3n) is 4.23. The quantitative estimate of drug-likeness (QED) is 0.904. The molecule has 0 bridgehead atoms. The van der Waals surface area contributed by atoms with Crippen molar-refractivity contribution in [3.8, 4) is 0 Å². The van der Waals surface area contributed by atoms with Gasteiger partial charge in [0.25, 0.3) is 0 Å². The summed E-state index contributed by atoms with van der Waals surface area (Å²) in [6.45, 7) is 6.25. The Kier molecular flexibility index (Phi) is 3.31. The van der Waals surface area contributed by atoms with Crippen LogP contribution in [0.25, 0.3) is 0 Å². The van der Waals surface area contributed by atoms with Crippen molar-refractivity contribution in [2.24, 2.45) is 11.1 Å². The van der Waals surface area contributed by atoms with Crippen LogP contribution in [0.1, 0.15) is 43.3 Å². The van der Waals surface area contributed by atoms with Gasteiger partial charge in [-0.05, 0) is 24.7 Å². The van der Waals surface area contributed by atoms with E-state index in [0.29, 0.717) is 6.04 Å². The summed E-state index contributed by atoms with van der Waals surface area (Å²) in [5, 5.41) is 1.11. The van der Waals surface area contributed by atoms with E-state index in [1.54, 1.807) is 11.3 Å². The number of hydrogen-bond acceptors (Lipinski definition) is 5. The van der Waals surface area contributed by atoms with Crippen LogP contribution in [0.5, 0.6) is 0 Å². The number of thiazole rings is 1. The van der Waals surface area contributed by atoms with Gasteiger partial charge in [-0.25, -0.2) is 4.98 Å². The van der Waals surface area contributed by atoms with Gasteiger partial charge in [0.2, 0.25) is 0 Å². The van der Waals surface area contributed by atoms with E-state index >= 15 is 0 Å². The van der Waals surface area contributed by atoms with Gasteiger partial charge in [0.15, 0.2) is 5.13 Å². The van der Waals surface area contributed by atoms with Crippen molar-refractivity contribution < 1.29 is 4.74 Å². The number of likely N-dealkylation sites (N-methyl/N-ethyl adjacent to an activating group) is 1. The molecule has 2 N–H and O–H groups in total. The third kappa shape index (κ3) is 2.51. The summed E-state index contributed by atoms with van der Waals surface area (Å²) in [5.41, 5.74) is 7.80. The molecule has 0 saturated carbocycles. The summed E-state index contributed by atoms with van der Waals surface area (Å²) in [7, 11) is 2.13. The number of ether oxygens (including phenoxy) is 1. The summed E-state index contributed by atoms with van der Waals surface area (Å²) in [4.78, 5) is 8.42. The normalized spacial score (nSPS) is 29.3. The standard InChI is InChI=1S/C14H23N3OS/c1-14(2)6-10(15)12-11(7-14)16-13(19-12)17(3)9-4-5-18-8-9/h9-10H,4-8,15H2,1-3H3. The molecule has 5 heteroatoms. The predicted octanol–water partition coefficient (Wildman–Crippen LogP) is 2.34. The number of nitrogens with zero attached hydrogens (tertiary/aromatic N) is 2. The van der Waals surface area contributed by atoms with Gasteiger partial charge < -0.3 is 15.4 Å². The fourth-order valence-corrected chi connectivity index (χ4v) is 4.23. The van der Waals surface area contributed by atoms with Gasteiger partial charge in [0, 0.05) is 24.6 Å². The summed E-state index contributed by atoms with van der Waals surface area (Å²) < 4.78 is 5.47. The zero-order chi connectivity index (χ0) is 13.6. The molecule has 3 rings (SSSR count). The van der Waals surface area contributed by atoms with E-state index in [1.165, 1.54) is 10.6 Å². The number of rotatable bonds is 2. The van der Waals surface area contributed by atoms with Crippen molar-refractivity contribution in [1.29, 1.82) is 0 Å². The Balaban J connectivity index is 1.85. The average molecular weight is 281 g/mol. The minimum absolute atomic E-state index is 0.151. The topological polar surface area (TPSA) is 51.4 Å². The van der Waals surface area contributed by atoms with Gasteiger partial charge >= 0.3 is 0 Å². The van der Waals surface area contributed by atoms with E-state index in [0.717, 1.165) is 37.6 Å². The molecular formula is C14H23N3OS. The fraction of sp³-hybridized carbons (Fsp3) is 0.786. The molecule has 2 aliphatic rings. The first-order chi connectivity index (χ1) is 8.96. The maximum atomic E-state index is 6.32. The largest absolute Gasteiger partial charge is 0.379 e. The lowest BCUT2D eigenvalue weighted by atomic mass is 9.77. The molecule has 1 fully saturated rings. The van der Waals surface area contributed by atoms with Crippen LogP contribution >= 0.6 is 11.3 Å². The smallest absolute Gasteiger partial charge is 0.185 e. The number of fused-ring (bicyclic) bond motifs is 1. The molecule has 1 aromatic heterocycles. The second-order valence-electron chi connectivity index (χ2n) is 6.59. The van der Waals surface area contributed by atoms with E-state index < -0.39 is 0 Å². The van der Waals surface area contributed by atoms with Gasteiger partial charge in [-0.3, -0.25) is 0 Å². The van der Waals surface area contributed by atoms with Crippen LogP contribution < -0.4 is 10.6 Å². The molecule has 1 saturated heterocycles. The van der Waals surface area contributed by atoms with Gasteiger partial charge in [0.1, 0.15) is 0 Å². The maximum Gasteiger partial charge on any atom is 0.185 e. The van der Waals surface area contributed by atoms with E-state index in [1.807, 2.05) is 0 Å². The first-order valence-corrected chi connectivity index (χ1v) is 7.84. The molecule has 19 heavy (non-hydrogen) atoms. The molecular weight excluding hydrogens is 258 g/mol. The highest BCUT2D eigenvalue weighted by molar-refractivity contribution is 7.15. The summed E-state index contributed by atoms with van der Waals surface area (Å²) in [6, 6.07) is 0.620. The minimum Gasteiger partial charge on any atom is -0.379 e. The van der Waals surface area contributed by atoms with Crippen molar-refractivity contribution in [2.45, 2.75) is 45.2 Å². The summed E-state index contributed by atoms with van der Waals surface area (Å²) >= 11 is 1.77. The number of aromatic nitrogens is 1. The average Bonchev–Trinajstić information content (AvgIpc) is 2.94. The summed E-state index contributed by atoms with van der Waals surface area (Å²) in [6.07, 6.45) is 3.19. The lowest BCUT2D eigenvalue weighted by Gasteiger charge is -2.32. The second-order valence-corrected chi connectivity index (χ2v) is 7.60. The molecule has 2 atom stereocenters. The molecule has 0 radical (unpaired) electrons. The highest BCUT2D eigenvalue weighted by Gasteiger charge is 2.34. The number of hydrogen-bond donors (Lipinski definition) is 1. The van der Waals surface area contributed by atoms with Crippen LogP contribution in [0.2, 0.25) is 0 Å². The van der Waals surface area contributed by atoms with Crippen molar-refractivity contribution in [2.75, 3.05) is 25.2 Å². The molecule has 0 aromatic carbocycles. The Morgan fingerprint density at radius 2 is 2.26 bits per heavy atom. The van der Waals surface area contributed by atoms with Crippen LogP contribution in [0.3, 0.4) is 0 Å². The van der Waals surface area contributed by atoms with Crippen LogP contribution in [0.15, 0.2) is 0 Å². The highest BCUT2D eigenvalue weighted by atomic mass is 32.1. The molecule has 2 unspecified atom stereocenters. The molecule has 106 valence electrons. The first-order valence-electron chi connectivity index (χ1n) is 7.02. The number of nitrogens with two attached hydrogens (primary N) is 1. The first kappa shape index (κ1) is 13.3. The van der Waals surface area contributed by atoms with E-state index in [2.05, 4.69) is 25.8 Å². The SMILES string of the molecule is CN(c1nc2c(s1)C(N)CC(C)(C)C2)C1CCOC1. The van der Waals surface area contributed by atoms with Gasteiger partial charge in [0.05, 0.1) is 18.3 Å². The Labute approximate surface area is 119 Å².